The number of halogens is 4. The van der Waals surface area contributed by atoms with Crippen LogP contribution in [0.1, 0.15) is 24.4 Å². The molecule has 0 spiro atoms. The lowest BCUT2D eigenvalue weighted by atomic mass is 9.96. The highest BCUT2D eigenvalue weighted by Crippen LogP contribution is 2.33. The van der Waals surface area contributed by atoms with Gasteiger partial charge in [0.2, 0.25) is 5.91 Å². The van der Waals surface area contributed by atoms with E-state index >= 15 is 0 Å². The zero-order valence-corrected chi connectivity index (χ0v) is 17.8. The van der Waals surface area contributed by atoms with E-state index in [2.05, 4.69) is 25.9 Å². The van der Waals surface area contributed by atoms with Crippen LogP contribution in [0.5, 0.6) is 0 Å². The second-order valence-corrected chi connectivity index (χ2v) is 8.09. The van der Waals surface area contributed by atoms with Crippen molar-refractivity contribution in [3.05, 3.63) is 50.4 Å². The Morgan fingerprint density at radius 2 is 1.54 bits per heavy atom. The Morgan fingerprint density at radius 3 is 2.11 bits per heavy atom. The molecule has 1 saturated heterocycles. The molecule has 1 atom stereocenters. The maximum absolute atomic E-state index is 12.8. The van der Waals surface area contributed by atoms with Crippen molar-refractivity contribution in [2.75, 3.05) is 25.0 Å². The summed E-state index contributed by atoms with van der Waals surface area (Å²) in [5.74, 6) is -0.0968. The second-order valence-electron chi connectivity index (χ2n) is 6.46. The summed E-state index contributed by atoms with van der Waals surface area (Å²) in [4.78, 5) is 20.7. The van der Waals surface area contributed by atoms with E-state index in [9.17, 15) is 4.79 Å². The van der Waals surface area contributed by atoms with Crippen LogP contribution >= 0.6 is 46.4 Å². The van der Waals surface area contributed by atoms with Gasteiger partial charge in [0, 0.05) is 42.8 Å². The minimum Gasteiger partial charge on any atom is -0.380 e. The van der Waals surface area contributed by atoms with E-state index in [0.29, 0.717) is 31.3 Å². The highest BCUT2D eigenvalue weighted by molar-refractivity contribution is 6.39. The van der Waals surface area contributed by atoms with Crippen molar-refractivity contribution in [1.29, 1.82) is 0 Å². The molecule has 0 saturated carbocycles. The summed E-state index contributed by atoms with van der Waals surface area (Å²) >= 11 is 25.0. The van der Waals surface area contributed by atoms with E-state index in [1.54, 1.807) is 0 Å². The van der Waals surface area contributed by atoms with Gasteiger partial charge in [0.05, 0.1) is 31.8 Å². The zero-order valence-electron chi connectivity index (χ0n) is 14.8. The molecule has 0 aromatic carbocycles. The van der Waals surface area contributed by atoms with Gasteiger partial charge in [-0.05, 0) is 25.9 Å². The molecule has 10 heteroatoms. The van der Waals surface area contributed by atoms with Crippen molar-refractivity contribution in [3.8, 4) is 0 Å². The molecule has 28 heavy (non-hydrogen) atoms. The molecule has 3 rings (SSSR count). The van der Waals surface area contributed by atoms with Crippen LogP contribution in [0.3, 0.4) is 0 Å². The summed E-state index contributed by atoms with van der Waals surface area (Å²) < 4.78 is 0. The largest absolute Gasteiger partial charge is 0.380 e. The average Bonchev–Trinajstić information content (AvgIpc) is 2.67. The van der Waals surface area contributed by atoms with Gasteiger partial charge in [0.25, 0.3) is 0 Å². The Labute approximate surface area is 183 Å². The topological polar surface area (TPSA) is 78.9 Å². The standard InChI is InChI=1S/C18H19Cl4N5O/c19-11-5-24-6-12(20)16(11)15(27-18(28)10-1-3-23-4-2-10)9-26-17-13(21)7-25-8-14(17)22/h5-8,10,15,23H,1-4,9H2,(H,25,26)(H,27,28). The van der Waals surface area contributed by atoms with Crippen molar-refractivity contribution >= 4 is 58.0 Å². The summed E-state index contributed by atoms with van der Waals surface area (Å²) in [6.45, 7) is 1.92. The number of hydrogen-bond donors (Lipinski definition) is 3. The van der Waals surface area contributed by atoms with E-state index in [1.165, 1.54) is 24.8 Å². The molecule has 3 heterocycles. The van der Waals surface area contributed by atoms with Crippen LogP contribution in [0.4, 0.5) is 5.69 Å². The van der Waals surface area contributed by atoms with E-state index in [0.717, 1.165) is 25.9 Å². The molecule has 2 aromatic rings. The normalized spacial score (nSPS) is 15.9. The molecule has 1 aliphatic rings. The summed E-state index contributed by atoms with van der Waals surface area (Å²) in [5, 5.41) is 11.0. The lowest BCUT2D eigenvalue weighted by Gasteiger charge is -2.27. The minimum atomic E-state index is -0.495. The molecule has 0 aliphatic carbocycles. The molecule has 2 aromatic heterocycles. The molecule has 150 valence electrons. The first-order valence-corrected chi connectivity index (χ1v) is 10.3. The van der Waals surface area contributed by atoms with Gasteiger partial charge in [-0.2, -0.15) is 0 Å². The van der Waals surface area contributed by atoms with Gasteiger partial charge in [-0.25, -0.2) is 0 Å². The van der Waals surface area contributed by atoms with Crippen molar-refractivity contribution in [1.82, 2.24) is 20.6 Å². The number of hydrogen-bond acceptors (Lipinski definition) is 5. The van der Waals surface area contributed by atoms with Gasteiger partial charge >= 0.3 is 0 Å². The Balaban J connectivity index is 1.83. The number of carbonyl (C=O) groups excluding carboxylic acids is 1. The fourth-order valence-corrected chi connectivity index (χ4v) is 4.26. The molecular formula is C18H19Cl4N5O. The number of anilines is 1. The Bertz CT molecular complexity index is 804. The number of nitrogens with zero attached hydrogens (tertiary/aromatic N) is 2. The van der Waals surface area contributed by atoms with Crippen molar-refractivity contribution < 1.29 is 4.79 Å². The molecule has 1 aliphatic heterocycles. The van der Waals surface area contributed by atoms with Crippen LogP contribution in [0.25, 0.3) is 0 Å². The van der Waals surface area contributed by atoms with Crippen LogP contribution in [0, 0.1) is 5.92 Å². The van der Waals surface area contributed by atoms with Crippen molar-refractivity contribution in [2.45, 2.75) is 18.9 Å². The number of rotatable bonds is 6. The maximum atomic E-state index is 12.8. The van der Waals surface area contributed by atoms with Gasteiger partial charge < -0.3 is 16.0 Å². The van der Waals surface area contributed by atoms with Gasteiger partial charge in [-0.3, -0.25) is 14.8 Å². The summed E-state index contributed by atoms with van der Waals surface area (Å²) in [5.41, 5.74) is 1.12. The molecule has 1 amide bonds. The molecule has 1 fully saturated rings. The number of nitrogens with one attached hydrogen (secondary N) is 3. The third-order valence-electron chi connectivity index (χ3n) is 4.60. The number of piperidine rings is 1. The highest BCUT2D eigenvalue weighted by Gasteiger charge is 2.26. The van der Waals surface area contributed by atoms with Crippen LogP contribution in [0.15, 0.2) is 24.8 Å². The lowest BCUT2D eigenvalue weighted by molar-refractivity contribution is -0.126. The molecular weight excluding hydrogens is 444 g/mol. The minimum absolute atomic E-state index is 0.0378. The maximum Gasteiger partial charge on any atom is 0.223 e. The fourth-order valence-electron chi connectivity index (χ4n) is 3.14. The monoisotopic (exact) mass is 461 g/mol. The first-order chi connectivity index (χ1) is 13.5. The van der Waals surface area contributed by atoms with Gasteiger partial charge in [0.1, 0.15) is 0 Å². The quantitative estimate of drug-likeness (QED) is 0.594. The number of carbonyl (C=O) groups is 1. The first kappa shape index (κ1) is 21.4. The summed E-state index contributed by atoms with van der Waals surface area (Å²) in [6.07, 6.45) is 7.55. The van der Waals surface area contributed by atoms with Crippen molar-refractivity contribution in [3.63, 3.8) is 0 Å². The Hall–Kier alpha value is -1.31. The third-order valence-corrected chi connectivity index (χ3v) is 5.78. The van der Waals surface area contributed by atoms with E-state index in [-0.39, 0.29) is 18.4 Å². The van der Waals surface area contributed by atoms with E-state index in [4.69, 9.17) is 46.4 Å². The average molecular weight is 463 g/mol. The van der Waals surface area contributed by atoms with Crippen LogP contribution < -0.4 is 16.0 Å². The SMILES string of the molecule is O=C(NC(CNc1c(Cl)cncc1Cl)c1c(Cl)cncc1Cl)C1CCNCC1. The van der Waals surface area contributed by atoms with Gasteiger partial charge in [0.15, 0.2) is 0 Å². The van der Waals surface area contributed by atoms with E-state index < -0.39 is 6.04 Å². The van der Waals surface area contributed by atoms with Crippen molar-refractivity contribution in [2.24, 2.45) is 5.92 Å². The number of pyridine rings is 2. The van der Waals surface area contributed by atoms with Crippen LogP contribution in [-0.2, 0) is 4.79 Å². The Kier molecular flexibility index (Phi) is 7.60. The predicted octanol–water partition coefficient (Wildman–Crippen LogP) is 4.36. The number of amides is 1. The lowest BCUT2D eigenvalue weighted by Crippen LogP contribution is -2.41. The molecule has 0 bridgehead atoms. The first-order valence-electron chi connectivity index (χ1n) is 8.80. The number of aromatic nitrogens is 2. The smallest absolute Gasteiger partial charge is 0.223 e. The van der Waals surface area contributed by atoms with Gasteiger partial charge in [-0.15, -0.1) is 0 Å². The second kappa shape index (κ2) is 9.94. The van der Waals surface area contributed by atoms with Gasteiger partial charge in [-0.1, -0.05) is 46.4 Å². The molecule has 0 radical (unpaired) electrons. The zero-order chi connectivity index (χ0) is 20.1. The highest BCUT2D eigenvalue weighted by atomic mass is 35.5. The predicted molar refractivity (Wildman–Crippen MR) is 113 cm³/mol. The summed E-state index contributed by atoms with van der Waals surface area (Å²) in [7, 11) is 0. The molecule has 3 N–H and O–H groups in total. The molecule has 6 nitrogen and oxygen atoms in total. The fraction of sp³-hybridized carbons (Fsp3) is 0.389. The Morgan fingerprint density at radius 1 is 1.00 bits per heavy atom. The van der Waals surface area contributed by atoms with Crippen LogP contribution in [0.2, 0.25) is 20.1 Å². The van der Waals surface area contributed by atoms with Crippen LogP contribution in [-0.4, -0.2) is 35.5 Å². The van der Waals surface area contributed by atoms with E-state index in [1.807, 2.05) is 0 Å². The summed E-state index contributed by atoms with van der Waals surface area (Å²) in [6, 6.07) is -0.495. The third kappa shape index (κ3) is 5.19. The molecule has 1 unspecified atom stereocenters.